The average Bonchev–Trinajstić information content (AvgIpc) is 3.30. The fourth-order valence-corrected chi connectivity index (χ4v) is 2.93. The number of halogens is 1. The molecule has 0 aliphatic rings. The minimum Gasteiger partial charge on any atom is -0.361 e. The monoisotopic (exact) mass is 466 g/mol. The predicted octanol–water partition coefficient (Wildman–Crippen LogP) is 3.17. The highest BCUT2D eigenvalue weighted by atomic mass is 127. The Morgan fingerprint density at radius 3 is 2.73 bits per heavy atom. The average molecular weight is 466 g/mol. The van der Waals surface area contributed by atoms with Gasteiger partial charge in [0.25, 0.3) is 0 Å². The third-order valence-electron chi connectivity index (χ3n) is 4.23. The second-order valence-electron chi connectivity index (χ2n) is 6.01. The van der Waals surface area contributed by atoms with Crippen molar-refractivity contribution in [2.75, 3.05) is 20.1 Å². The summed E-state index contributed by atoms with van der Waals surface area (Å²) in [5.74, 6) is 0.861. The van der Waals surface area contributed by atoms with Gasteiger partial charge in [0.1, 0.15) is 0 Å². The van der Waals surface area contributed by atoms with E-state index in [-0.39, 0.29) is 24.0 Å². The number of nitrogens with one attached hydrogen (secondary N) is 3. The molecular formula is C19H27IN6. The standard InChI is InChI=1S/C19H26N6.HI/c1-20-19(22-11-5-13-25-14-6-12-24-25)21-10-4-7-16-15-23-18-9-3-2-8-17(16)18;/h2-3,6,8-9,12,14-15,23H,4-5,7,10-11,13H2,1H3,(H2,20,21,22);1H. The maximum absolute atomic E-state index is 4.27. The van der Waals surface area contributed by atoms with Gasteiger partial charge >= 0.3 is 0 Å². The first-order valence-electron chi connectivity index (χ1n) is 8.84. The molecule has 0 radical (unpaired) electrons. The molecule has 2 heterocycles. The van der Waals surface area contributed by atoms with E-state index in [1.54, 1.807) is 0 Å². The van der Waals surface area contributed by atoms with Crippen molar-refractivity contribution < 1.29 is 0 Å². The van der Waals surface area contributed by atoms with Crippen molar-refractivity contribution in [3.63, 3.8) is 0 Å². The number of benzene rings is 1. The fourth-order valence-electron chi connectivity index (χ4n) is 2.93. The van der Waals surface area contributed by atoms with Gasteiger partial charge < -0.3 is 15.6 Å². The van der Waals surface area contributed by atoms with E-state index < -0.39 is 0 Å². The summed E-state index contributed by atoms with van der Waals surface area (Å²) < 4.78 is 1.94. The molecule has 26 heavy (non-hydrogen) atoms. The fraction of sp³-hybridized carbons (Fsp3) is 0.368. The minimum absolute atomic E-state index is 0. The van der Waals surface area contributed by atoms with Crippen molar-refractivity contribution in [1.82, 2.24) is 25.4 Å². The van der Waals surface area contributed by atoms with Crippen LogP contribution in [0.2, 0.25) is 0 Å². The Kier molecular flexibility index (Phi) is 8.46. The number of para-hydroxylation sites is 1. The lowest BCUT2D eigenvalue weighted by Gasteiger charge is -2.11. The molecule has 0 aliphatic carbocycles. The molecule has 140 valence electrons. The number of guanidine groups is 1. The van der Waals surface area contributed by atoms with Crippen LogP contribution < -0.4 is 10.6 Å². The molecule has 0 atom stereocenters. The molecule has 2 aromatic heterocycles. The number of aromatic amines is 1. The number of rotatable bonds is 8. The number of aryl methyl sites for hydroxylation is 2. The van der Waals surface area contributed by atoms with Gasteiger partial charge in [-0.05, 0) is 37.0 Å². The first-order valence-corrected chi connectivity index (χ1v) is 8.84. The lowest BCUT2D eigenvalue weighted by molar-refractivity contribution is 0.570. The summed E-state index contributed by atoms with van der Waals surface area (Å²) in [7, 11) is 1.81. The van der Waals surface area contributed by atoms with Crippen molar-refractivity contribution in [3.05, 3.63) is 54.5 Å². The molecule has 0 aliphatic heterocycles. The van der Waals surface area contributed by atoms with E-state index in [0.717, 1.165) is 44.9 Å². The van der Waals surface area contributed by atoms with E-state index in [1.807, 2.05) is 30.2 Å². The highest BCUT2D eigenvalue weighted by Gasteiger charge is 2.03. The van der Waals surface area contributed by atoms with Gasteiger partial charge in [0.15, 0.2) is 5.96 Å². The largest absolute Gasteiger partial charge is 0.361 e. The van der Waals surface area contributed by atoms with Crippen LogP contribution in [-0.4, -0.2) is 40.9 Å². The zero-order valence-corrected chi connectivity index (χ0v) is 17.4. The summed E-state index contributed by atoms with van der Waals surface area (Å²) >= 11 is 0. The van der Waals surface area contributed by atoms with Crippen LogP contribution in [0.25, 0.3) is 10.9 Å². The predicted molar refractivity (Wildman–Crippen MR) is 118 cm³/mol. The second kappa shape index (κ2) is 10.8. The Morgan fingerprint density at radius 1 is 1.15 bits per heavy atom. The van der Waals surface area contributed by atoms with Gasteiger partial charge in [0.2, 0.25) is 0 Å². The van der Waals surface area contributed by atoms with Gasteiger partial charge in [0.05, 0.1) is 0 Å². The summed E-state index contributed by atoms with van der Waals surface area (Å²) in [4.78, 5) is 7.60. The van der Waals surface area contributed by atoms with Crippen molar-refractivity contribution in [2.45, 2.75) is 25.8 Å². The van der Waals surface area contributed by atoms with Crippen LogP contribution in [0.15, 0.2) is 53.9 Å². The molecule has 0 fully saturated rings. The normalized spacial score (nSPS) is 11.3. The van der Waals surface area contributed by atoms with E-state index >= 15 is 0 Å². The molecule has 0 spiro atoms. The lowest BCUT2D eigenvalue weighted by atomic mass is 10.1. The zero-order valence-electron chi connectivity index (χ0n) is 15.1. The zero-order chi connectivity index (χ0) is 17.3. The minimum atomic E-state index is 0. The number of fused-ring (bicyclic) bond motifs is 1. The summed E-state index contributed by atoms with van der Waals surface area (Å²) in [6.07, 6.45) is 9.04. The van der Waals surface area contributed by atoms with Crippen LogP contribution in [0, 0.1) is 0 Å². The Balaban J connectivity index is 0.00000243. The summed E-state index contributed by atoms with van der Waals surface area (Å²) in [5.41, 5.74) is 2.58. The van der Waals surface area contributed by atoms with Crippen molar-refractivity contribution in [3.8, 4) is 0 Å². The van der Waals surface area contributed by atoms with E-state index in [2.05, 4.69) is 56.2 Å². The molecule has 3 rings (SSSR count). The number of aromatic nitrogens is 3. The van der Waals surface area contributed by atoms with Gasteiger partial charge in [-0.15, -0.1) is 24.0 Å². The third kappa shape index (κ3) is 5.76. The van der Waals surface area contributed by atoms with Gasteiger partial charge in [-0.25, -0.2) is 0 Å². The highest BCUT2D eigenvalue weighted by Crippen LogP contribution is 2.18. The SMILES string of the molecule is CN=C(NCCCc1c[nH]c2ccccc12)NCCCn1cccn1.I. The third-order valence-corrected chi connectivity index (χ3v) is 4.23. The second-order valence-corrected chi connectivity index (χ2v) is 6.01. The molecule has 0 saturated heterocycles. The van der Waals surface area contributed by atoms with Crippen LogP contribution in [0.5, 0.6) is 0 Å². The van der Waals surface area contributed by atoms with Gasteiger partial charge in [-0.1, -0.05) is 18.2 Å². The van der Waals surface area contributed by atoms with E-state index in [4.69, 9.17) is 0 Å². The molecule has 0 unspecified atom stereocenters. The Hall–Kier alpha value is -2.03. The number of aliphatic imine (C=N–C) groups is 1. The highest BCUT2D eigenvalue weighted by molar-refractivity contribution is 14.0. The molecule has 7 heteroatoms. The molecule has 1 aromatic carbocycles. The van der Waals surface area contributed by atoms with E-state index in [1.165, 1.54) is 16.5 Å². The summed E-state index contributed by atoms with van der Waals surface area (Å²) in [6, 6.07) is 10.4. The lowest BCUT2D eigenvalue weighted by Crippen LogP contribution is -2.38. The van der Waals surface area contributed by atoms with Gasteiger partial charge in [-0.3, -0.25) is 9.67 Å². The molecular weight excluding hydrogens is 439 g/mol. The van der Waals surface area contributed by atoms with Crippen LogP contribution >= 0.6 is 24.0 Å². The quantitative estimate of drug-likeness (QED) is 0.207. The van der Waals surface area contributed by atoms with Crippen LogP contribution in [-0.2, 0) is 13.0 Å². The molecule has 0 amide bonds. The van der Waals surface area contributed by atoms with Crippen LogP contribution in [0.3, 0.4) is 0 Å². The topological polar surface area (TPSA) is 70.0 Å². The Morgan fingerprint density at radius 2 is 1.96 bits per heavy atom. The molecule has 3 aromatic rings. The van der Waals surface area contributed by atoms with Crippen LogP contribution in [0.1, 0.15) is 18.4 Å². The van der Waals surface area contributed by atoms with Crippen LogP contribution in [0.4, 0.5) is 0 Å². The summed E-state index contributed by atoms with van der Waals surface area (Å²) in [6.45, 7) is 2.69. The number of H-pyrrole nitrogens is 1. The number of nitrogens with zero attached hydrogens (tertiary/aromatic N) is 3. The number of hydrogen-bond donors (Lipinski definition) is 3. The first-order chi connectivity index (χ1) is 12.4. The Bertz CT molecular complexity index is 793. The van der Waals surface area contributed by atoms with E-state index in [9.17, 15) is 0 Å². The van der Waals surface area contributed by atoms with Crippen molar-refractivity contribution in [2.24, 2.45) is 4.99 Å². The maximum atomic E-state index is 4.27. The van der Waals surface area contributed by atoms with Gasteiger partial charge in [0, 0.05) is 56.2 Å². The first kappa shape index (κ1) is 20.3. The molecule has 3 N–H and O–H groups in total. The smallest absolute Gasteiger partial charge is 0.190 e. The Labute approximate surface area is 171 Å². The van der Waals surface area contributed by atoms with Crippen molar-refractivity contribution >= 4 is 40.8 Å². The summed E-state index contributed by atoms with van der Waals surface area (Å²) in [5, 5.41) is 12.2. The number of hydrogen-bond acceptors (Lipinski definition) is 2. The van der Waals surface area contributed by atoms with Gasteiger partial charge in [-0.2, -0.15) is 5.10 Å². The molecule has 0 saturated carbocycles. The molecule has 0 bridgehead atoms. The molecule has 6 nitrogen and oxygen atoms in total. The van der Waals surface area contributed by atoms with E-state index in [0.29, 0.717) is 0 Å². The maximum Gasteiger partial charge on any atom is 0.190 e. The van der Waals surface area contributed by atoms with Crippen molar-refractivity contribution in [1.29, 1.82) is 0 Å².